The van der Waals surface area contributed by atoms with E-state index in [9.17, 15) is 13.2 Å². The summed E-state index contributed by atoms with van der Waals surface area (Å²) in [6.07, 6.45) is 0.557. The van der Waals surface area contributed by atoms with Gasteiger partial charge in [-0.3, -0.25) is 9.69 Å². The predicted octanol–water partition coefficient (Wildman–Crippen LogP) is -0.115. The fourth-order valence-electron chi connectivity index (χ4n) is 2.93. The fraction of sp³-hybridized carbons (Fsp3) is 0.533. The lowest BCUT2D eigenvalue weighted by molar-refractivity contribution is 0.0960. The van der Waals surface area contributed by atoms with Crippen molar-refractivity contribution in [3.8, 4) is 0 Å². The minimum absolute atomic E-state index is 0.104. The first-order valence-corrected chi connectivity index (χ1v) is 9.58. The van der Waals surface area contributed by atoms with Gasteiger partial charge in [-0.1, -0.05) is 17.3 Å². The predicted molar refractivity (Wildman–Crippen MR) is 89.4 cm³/mol. The summed E-state index contributed by atoms with van der Waals surface area (Å²) in [4.78, 5) is 14.5. The summed E-state index contributed by atoms with van der Waals surface area (Å²) in [5.74, 6) is 0.284. The number of methoxy groups -OCH3 is 1. The average Bonchev–Trinajstić information content (AvgIpc) is 2.93. The summed E-state index contributed by atoms with van der Waals surface area (Å²) < 4.78 is 29.9. The molecule has 1 aliphatic rings. The van der Waals surface area contributed by atoms with Gasteiger partial charge in [0, 0.05) is 19.7 Å². The van der Waals surface area contributed by atoms with Crippen LogP contribution in [-0.4, -0.2) is 66.1 Å². The Morgan fingerprint density at radius 1 is 1.38 bits per heavy atom. The Hall–Kier alpha value is -1.84. The van der Waals surface area contributed by atoms with Crippen LogP contribution in [0.15, 0.2) is 29.1 Å². The van der Waals surface area contributed by atoms with Crippen LogP contribution in [0.1, 0.15) is 6.42 Å². The Morgan fingerprint density at radius 2 is 2.17 bits per heavy atom. The minimum Gasteiger partial charge on any atom is -0.383 e. The third-order valence-corrected chi connectivity index (χ3v) is 6.00. The lowest BCUT2D eigenvalue weighted by atomic mass is 10.2. The van der Waals surface area contributed by atoms with E-state index in [1.807, 2.05) is 4.90 Å². The third kappa shape index (κ3) is 3.63. The van der Waals surface area contributed by atoms with Gasteiger partial charge in [0.15, 0.2) is 9.84 Å². The van der Waals surface area contributed by atoms with E-state index < -0.39 is 9.84 Å². The molecule has 2 aromatic rings. The molecule has 0 bridgehead atoms. The van der Waals surface area contributed by atoms with Gasteiger partial charge in [-0.25, -0.2) is 8.42 Å². The number of aromatic nitrogens is 3. The molecule has 1 aliphatic heterocycles. The molecule has 0 saturated carbocycles. The number of fused-ring (bicyclic) bond motifs is 1. The normalized spacial score (nSPS) is 20.0. The first kappa shape index (κ1) is 17.0. The van der Waals surface area contributed by atoms with Crippen LogP contribution in [0, 0.1) is 0 Å². The summed E-state index contributed by atoms with van der Waals surface area (Å²) in [6.45, 7) is 1.17. The Labute approximate surface area is 139 Å². The molecule has 130 valence electrons. The van der Waals surface area contributed by atoms with E-state index in [1.165, 1.54) is 4.68 Å². The van der Waals surface area contributed by atoms with E-state index in [1.54, 1.807) is 31.4 Å². The van der Waals surface area contributed by atoms with Gasteiger partial charge in [-0.05, 0) is 18.6 Å². The molecular weight excluding hydrogens is 332 g/mol. The molecule has 0 radical (unpaired) electrons. The first-order chi connectivity index (χ1) is 11.5. The van der Waals surface area contributed by atoms with Crippen LogP contribution in [-0.2, 0) is 21.2 Å². The lowest BCUT2D eigenvalue weighted by Crippen LogP contribution is -2.43. The Balaban J connectivity index is 1.87. The van der Waals surface area contributed by atoms with Crippen molar-refractivity contribution >= 4 is 20.7 Å². The number of ether oxygens (including phenoxy) is 1. The van der Waals surface area contributed by atoms with Crippen molar-refractivity contribution in [2.24, 2.45) is 0 Å². The highest BCUT2D eigenvalue weighted by Gasteiger charge is 2.32. The monoisotopic (exact) mass is 352 g/mol. The quantitative estimate of drug-likeness (QED) is 0.715. The van der Waals surface area contributed by atoms with Crippen LogP contribution in [0.4, 0.5) is 0 Å². The van der Waals surface area contributed by atoms with Crippen LogP contribution in [0.25, 0.3) is 10.9 Å². The van der Waals surface area contributed by atoms with Gasteiger partial charge in [-0.2, -0.15) is 4.68 Å². The lowest BCUT2D eigenvalue weighted by Gasteiger charge is -2.27. The van der Waals surface area contributed by atoms with Crippen molar-refractivity contribution in [3.63, 3.8) is 0 Å². The molecular formula is C15H20N4O4S. The second-order valence-corrected chi connectivity index (χ2v) is 8.14. The van der Waals surface area contributed by atoms with Crippen molar-refractivity contribution in [2.45, 2.75) is 19.1 Å². The molecule has 1 aromatic heterocycles. The second kappa shape index (κ2) is 6.96. The molecule has 0 N–H and O–H groups in total. The highest BCUT2D eigenvalue weighted by atomic mass is 32.2. The van der Waals surface area contributed by atoms with Crippen molar-refractivity contribution in [1.82, 2.24) is 19.9 Å². The van der Waals surface area contributed by atoms with Gasteiger partial charge in [0.1, 0.15) is 5.52 Å². The molecule has 1 aromatic carbocycles. The van der Waals surface area contributed by atoms with E-state index in [0.717, 1.165) is 0 Å². The molecule has 1 fully saturated rings. The zero-order valence-electron chi connectivity index (χ0n) is 13.5. The molecule has 2 heterocycles. The smallest absolute Gasteiger partial charge is 0.278 e. The Morgan fingerprint density at radius 3 is 2.88 bits per heavy atom. The highest BCUT2D eigenvalue weighted by Crippen LogP contribution is 2.18. The standard InChI is InChI=1S/C15H20N4O4S/c1-23-8-7-18(12-6-9-24(21,22)10-12)11-19-15(20)13-4-2-3-5-14(13)16-17-19/h2-5,12H,6-11H2,1H3/t12-/m0/s1. The Kier molecular flexibility index (Phi) is 4.93. The van der Waals surface area contributed by atoms with E-state index >= 15 is 0 Å². The van der Waals surface area contributed by atoms with Gasteiger partial charge in [0.05, 0.1) is 30.2 Å². The van der Waals surface area contributed by atoms with Crippen LogP contribution in [0.3, 0.4) is 0 Å². The number of sulfone groups is 1. The van der Waals surface area contributed by atoms with Crippen LogP contribution in [0.2, 0.25) is 0 Å². The van der Waals surface area contributed by atoms with Gasteiger partial charge in [-0.15, -0.1) is 5.10 Å². The van der Waals surface area contributed by atoms with Crippen molar-refractivity contribution in [1.29, 1.82) is 0 Å². The van der Waals surface area contributed by atoms with E-state index in [0.29, 0.717) is 30.5 Å². The maximum absolute atomic E-state index is 12.6. The number of hydrogen-bond donors (Lipinski definition) is 0. The van der Waals surface area contributed by atoms with Crippen molar-refractivity contribution < 1.29 is 13.2 Å². The molecule has 0 unspecified atom stereocenters. The topological polar surface area (TPSA) is 94.4 Å². The van der Waals surface area contributed by atoms with Crippen LogP contribution in [0.5, 0.6) is 0 Å². The van der Waals surface area contributed by atoms with E-state index in [4.69, 9.17) is 4.74 Å². The molecule has 24 heavy (non-hydrogen) atoms. The molecule has 0 spiro atoms. The third-order valence-electron chi connectivity index (χ3n) is 4.25. The molecule has 9 heteroatoms. The molecule has 1 saturated heterocycles. The number of rotatable bonds is 6. The van der Waals surface area contributed by atoms with Crippen molar-refractivity contribution in [3.05, 3.63) is 34.6 Å². The zero-order chi connectivity index (χ0) is 17.2. The maximum atomic E-state index is 12.6. The fourth-order valence-corrected chi connectivity index (χ4v) is 4.69. The average molecular weight is 352 g/mol. The van der Waals surface area contributed by atoms with E-state index in [-0.39, 0.29) is 29.8 Å². The first-order valence-electron chi connectivity index (χ1n) is 7.76. The van der Waals surface area contributed by atoms with Gasteiger partial charge >= 0.3 is 0 Å². The number of hydrogen-bond acceptors (Lipinski definition) is 7. The van der Waals surface area contributed by atoms with Crippen LogP contribution >= 0.6 is 0 Å². The summed E-state index contributed by atoms with van der Waals surface area (Å²) in [6, 6.07) is 6.89. The Bertz CT molecular complexity index is 880. The summed E-state index contributed by atoms with van der Waals surface area (Å²) in [5, 5.41) is 8.55. The minimum atomic E-state index is -3.01. The second-order valence-electron chi connectivity index (χ2n) is 5.91. The SMILES string of the molecule is COCCN(Cn1nnc2ccccc2c1=O)[C@H]1CCS(=O)(=O)C1. The van der Waals surface area contributed by atoms with Crippen LogP contribution < -0.4 is 5.56 Å². The molecule has 1 atom stereocenters. The van der Waals surface area contributed by atoms with Gasteiger partial charge in [0.2, 0.25) is 0 Å². The molecule has 8 nitrogen and oxygen atoms in total. The zero-order valence-corrected chi connectivity index (χ0v) is 14.3. The van der Waals surface area contributed by atoms with Gasteiger partial charge in [0.25, 0.3) is 5.56 Å². The van der Waals surface area contributed by atoms with E-state index in [2.05, 4.69) is 10.3 Å². The molecule has 0 aliphatic carbocycles. The summed E-state index contributed by atoms with van der Waals surface area (Å²) in [7, 11) is -1.42. The largest absolute Gasteiger partial charge is 0.383 e. The number of nitrogens with zero attached hydrogens (tertiary/aromatic N) is 4. The van der Waals surface area contributed by atoms with Crippen molar-refractivity contribution in [2.75, 3.05) is 31.8 Å². The molecule has 3 rings (SSSR count). The summed E-state index contributed by atoms with van der Waals surface area (Å²) >= 11 is 0. The maximum Gasteiger partial charge on any atom is 0.278 e. The van der Waals surface area contributed by atoms with Gasteiger partial charge < -0.3 is 4.74 Å². The number of benzene rings is 1. The summed E-state index contributed by atoms with van der Waals surface area (Å²) in [5.41, 5.74) is 0.314. The molecule has 0 amide bonds. The highest BCUT2D eigenvalue weighted by molar-refractivity contribution is 7.91.